The van der Waals surface area contributed by atoms with Gasteiger partial charge in [0.05, 0.1) is 24.2 Å². The molecule has 4 rings (SSSR count). The van der Waals surface area contributed by atoms with Crippen molar-refractivity contribution in [3.63, 3.8) is 0 Å². The number of nitrogens with zero attached hydrogens (tertiary/aromatic N) is 2. The predicted octanol–water partition coefficient (Wildman–Crippen LogP) is 5.34. The lowest BCUT2D eigenvalue weighted by molar-refractivity contribution is -0.113. The van der Waals surface area contributed by atoms with E-state index in [2.05, 4.69) is 39.8 Å². The minimum atomic E-state index is -0.121. The highest BCUT2D eigenvalue weighted by atomic mass is 32.2. The molecular weight excluding hydrogens is 394 g/mol. The van der Waals surface area contributed by atoms with E-state index in [0.717, 1.165) is 16.8 Å². The molecule has 6 heteroatoms. The van der Waals surface area contributed by atoms with Gasteiger partial charge in [-0.15, -0.1) is 10.2 Å². The smallest absolute Gasteiger partial charge is 0.234 e. The summed E-state index contributed by atoms with van der Waals surface area (Å²) >= 11 is 1.35. The highest BCUT2D eigenvalue weighted by molar-refractivity contribution is 7.99. The number of carbonyl (C=O) groups excluding carboxylic acids is 1. The minimum Gasteiger partial charge on any atom is -0.495 e. The van der Waals surface area contributed by atoms with Crippen molar-refractivity contribution in [2.45, 2.75) is 11.9 Å². The van der Waals surface area contributed by atoms with Gasteiger partial charge in [0.15, 0.2) is 0 Å². The first-order chi connectivity index (χ1) is 14.6. The number of nitrogens with one attached hydrogen (secondary N) is 1. The van der Waals surface area contributed by atoms with Gasteiger partial charge < -0.3 is 10.1 Å². The van der Waals surface area contributed by atoms with Crippen molar-refractivity contribution in [3.8, 4) is 17.0 Å². The lowest BCUT2D eigenvalue weighted by Gasteiger charge is -2.10. The molecular formula is C24H21N3O2S. The second-order valence-electron chi connectivity index (χ2n) is 6.86. The van der Waals surface area contributed by atoms with E-state index in [1.807, 2.05) is 55.5 Å². The molecule has 0 atom stereocenters. The van der Waals surface area contributed by atoms with Crippen molar-refractivity contribution >= 4 is 34.1 Å². The number of aryl methyl sites for hydroxylation is 1. The zero-order valence-electron chi connectivity index (χ0n) is 16.8. The van der Waals surface area contributed by atoms with Crippen molar-refractivity contribution in [2.75, 3.05) is 18.2 Å². The largest absolute Gasteiger partial charge is 0.495 e. The van der Waals surface area contributed by atoms with Crippen LogP contribution in [0.4, 0.5) is 5.69 Å². The third-order valence-electron chi connectivity index (χ3n) is 4.67. The Balaban J connectivity index is 1.40. The standard InChI is InChI=1S/C24H21N3O2S/c1-16-7-11-22(29-2)21(13-16)25-23(28)15-30-24-12-10-20(26-27-24)19-9-8-17-5-3-4-6-18(17)14-19/h3-14H,15H2,1-2H3,(H,25,28). The normalized spacial score (nSPS) is 10.7. The van der Waals surface area contributed by atoms with E-state index in [-0.39, 0.29) is 11.7 Å². The molecule has 0 radical (unpaired) electrons. The van der Waals surface area contributed by atoms with E-state index in [0.29, 0.717) is 16.5 Å². The van der Waals surface area contributed by atoms with Crippen molar-refractivity contribution in [2.24, 2.45) is 0 Å². The fourth-order valence-electron chi connectivity index (χ4n) is 3.14. The van der Waals surface area contributed by atoms with Gasteiger partial charge in [-0.05, 0) is 53.6 Å². The van der Waals surface area contributed by atoms with E-state index in [9.17, 15) is 4.79 Å². The van der Waals surface area contributed by atoms with Gasteiger partial charge in [0, 0.05) is 5.56 Å². The molecule has 0 fully saturated rings. The number of ether oxygens (including phenoxy) is 1. The van der Waals surface area contributed by atoms with Crippen molar-refractivity contribution in [3.05, 3.63) is 78.4 Å². The fraction of sp³-hybridized carbons (Fsp3) is 0.125. The number of amides is 1. The van der Waals surface area contributed by atoms with Crippen LogP contribution < -0.4 is 10.1 Å². The molecule has 5 nitrogen and oxygen atoms in total. The summed E-state index contributed by atoms with van der Waals surface area (Å²) in [5, 5.41) is 14.6. The van der Waals surface area contributed by atoms with E-state index in [4.69, 9.17) is 4.74 Å². The summed E-state index contributed by atoms with van der Waals surface area (Å²) in [7, 11) is 1.59. The quantitative estimate of drug-likeness (QED) is 0.430. The maximum Gasteiger partial charge on any atom is 0.234 e. The number of carbonyl (C=O) groups is 1. The van der Waals surface area contributed by atoms with Gasteiger partial charge in [0.25, 0.3) is 0 Å². The zero-order chi connectivity index (χ0) is 20.9. The van der Waals surface area contributed by atoms with Crippen LogP contribution in [0, 0.1) is 6.92 Å². The maximum absolute atomic E-state index is 12.3. The molecule has 0 bridgehead atoms. The van der Waals surface area contributed by atoms with Crippen LogP contribution >= 0.6 is 11.8 Å². The first-order valence-corrected chi connectivity index (χ1v) is 10.5. The summed E-state index contributed by atoms with van der Waals surface area (Å²) in [6.45, 7) is 1.97. The molecule has 0 saturated carbocycles. The first kappa shape index (κ1) is 19.9. The predicted molar refractivity (Wildman–Crippen MR) is 122 cm³/mol. The third-order valence-corrected chi connectivity index (χ3v) is 5.59. The Bertz CT molecular complexity index is 1190. The Labute approximate surface area is 179 Å². The summed E-state index contributed by atoms with van der Waals surface area (Å²) in [5.74, 6) is 0.754. The summed E-state index contributed by atoms with van der Waals surface area (Å²) in [5.41, 5.74) is 3.54. The molecule has 0 saturated heterocycles. The molecule has 1 N–H and O–H groups in total. The SMILES string of the molecule is COc1ccc(C)cc1NC(=O)CSc1ccc(-c2ccc3ccccc3c2)nn1. The number of aromatic nitrogens is 2. The molecule has 1 amide bonds. The number of rotatable bonds is 6. The Morgan fingerprint density at radius 2 is 1.80 bits per heavy atom. The van der Waals surface area contributed by atoms with Gasteiger partial charge in [0.1, 0.15) is 10.8 Å². The molecule has 1 aromatic heterocycles. The molecule has 1 heterocycles. The van der Waals surface area contributed by atoms with E-state index in [1.54, 1.807) is 7.11 Å². The lowest BCUT2D eigenvalue weighted by Crippen LogP contribution is -2.15. The molecule has 0 unspecified atom stereocenters. The lowest BCUT2D eigenvalue weighted by atomic mass is 10.1. The van der Waals surface area contributed by atoms with Gasteiger partial charge in [-0.2, -0.15) is 0 Å². The van der Waals surface area contributed by atoms with Gasteiger partial charge >= 0.3 is 0 Å². The van der Waals surface area contributed by atoms with Crippen LogP contribution in [0.25, 0.3) is 22.0 Å². The number of hydrogen-bond acceptors (Lipinski definition) is 5. The summed E-state index contributed by atoms with van der Waals surface area (Å²) in [6.07, 6.45) is 0. The number of benzene rings is 3. The molecule has 0 aliphatic rings. The molecule has 0 spiro atoms. The topological polar surface area (TPSA) is 64.1 Å². The summed E-state index contributed by atoms with van der Waals surface area (Å²) in [4.78, 5) is 12.3. The van der Waals surface area contributed by atoms with Crippen molar-refractivity contribution in [1.29, 1.82) is 0 Å². The summed E-state index contributed by atoms with van der Waals surface area (Å²) in [6, 6.07) is 23.9. The molecule has 4 aromatic rings. The third kappa shape index (κ3) is 4.60. The Morgan fingerprint density at radius 3 is 2.57 bits per heavy atom. The maximum atomic E-state index is 12.3. The van der Waals surface area contributed by atoms with Gasteiger partial charge in [-0.1, -0.05) is 54.2 Å². The van der Waals surface area contributed by atoms with Gasteiger partial charge in [-0.3, -0.25) is 4.79 Å². The Morgan fingerprint density at radius 1 is 0.967 bits per heavy atom. The van der Waals surface area contributed by atoms with Gasteiger partial charge in [-0.25, -0.2) is 0 Å². The van der Waals surface area contributed by atoms with E-state index >= 15 is 0 Å². The van der Waals surface area contributed by atoms with Crippen LogP contribution in [-0.2, 0) is 4.79 Å². The molecule has 3 aromatic carbocycles. The summed E-state index contributed by atoms with van der Waals surface area (Å²) < 4.78 is 5.30. The number of hydrogen-bond donors (Lipinski definition) is 1. The molecule has 30 heavy (non-hydrogen) atoms. The van der Waals surface area contributed by atoms with Crippen molar-refractivity contribution in [1.82, 2.24) is 10.2 Å². The first-order valence-electron chi connectivity index (χ1n) is 9.52. The van der Waals surface area contributed by atoms with Crippen LogP contribution in [0.3, 0.4) is 0 Å². The number of methoxy groups -OCH3 is 1. The van der Waals surface area contributed by atoms with Crippen LogP contribution in [0.1, 0.15) is 5.56 Å². The van der Waals surface area contributed by atoms with Gasteiger partial charge in [0.2, 0.25) is 5.91 Å². The van der Waals surface area contributed by atoms with E-state index < -0.39 is 0 Å². The fourth-order valence-corrected chi connectivity index (χ4v) is 3.76. The number of anilines is 1. The zero-order valence-corrected chi connectivity index (χ0v) is 17.6. The number of fused-ring (bicyclic) bond motifs is 1. The van der Waals surface area contributed by atoms with E-state index in [1.165, 1.54) is 22.5 Å². The Kier molecular flexibility index (Phi) is 5.95. The number of thioether (sulfide) groups is 1. The average molecular weight is 416 g/mol. The average Bonchev–Trinajstić information content (AvgIpc) is 2.78. The molecule has 150 valence electrons. The van der Waals surface area contributed by atoms with Crippen LogP contribution in [0.2, 0.25) is 0 Å². The van der Waals surface area contributed by atoms with Crippen LogP contribution in [0.5, 0.6) is 5.75 Å². The van der Waals surface area contributed by atoms with Crippen molar-refractivity contribution < 1.29 is 9.53 Å². The highest BCUT2D eigenvalue weighted by Gasteiger charge is 2.10. The van der Waals surface area contributed by atoms with Crippen LogP contribution in [-0.4, -0.2) is 29.0 Å². The monoisotopic (exact) mass is 415 g/mol. The second kappa shape index (κ2) is 8.97. The minimum absolute atomic E-state index is 0.121. The molecule has 0 aliphatic heterocycles. The molecule has 0 aliphatic carbocycles. The Hall–Kier alpha value is -3.38. The second-order valence-corrected chi connectivity index (χ2v) is 7.85. The highest BCUT2D eigenvalue weighted by Crippen LogP contribution is 2.26. The van der Waals surface area contributed by atoms with Crippen LogP contribution in [0.15, 0.2) is 77.8 Å².